The standard InChI is InChI=1S/C19H31N3O3S.C2HF3O2/c1-14(2)12-22(13-19(23)21-8-6-20-7-9-21)26(24,25)18-11-16(4)15(3)10-17(18)5;3-2(4,5)1(6)7/h10-11,14,20H,6-9,12-13H2,1-5H3;(H,6,7). The van der Waals surface area contributed by atoms with Crippen molar-refractivity contribution in [1.82, 2.24) is 14.5 Å². The smallest absolute Gasteiger partial charge is 0.475 e. The molecule has 0 atom stereocenters. The van der Waals surface area contributed by atoms with Gasteiger partial charge < -0.3 is 15.3 Å². The Kier molecular flexibility index (Phi) is 10.3. The van der Waals surface area contributed by atoms with Crippen LogP contribution in [0.3, 0.4) is 0 Å². The summed E-state index contributed by atoms with van der Waals surface area (Å²) in [5, 5.41) is 10.3. The number of aryl methyl sites for hydroxylation is 3. The van der Waals surface area contributed by atoms with Gasteiger partial charge in [0.15, 0.2) is 0 Å². The largest absolute Gasteiger partial charge is 0.490 e. The minimum atomic E-state index is -5.08. The molecule has 0 spiro atoms. The average Bonchev–Trinajstić information content (AvgIpc) is 2.70. The van der Waals surface area contributed by atoms with Crippen LogP contribution < -0.4 is 5.32 Å². The van der Waals surface area contributed by atoms with Gasteiger partial charge in [-0.05, 0) is 49.4 Å². The lowest BCUT2D eigenvalue weighted by Crippen LogP contribution is -2.50. The van der Waals surface area contributed by atoms with Crippen molar-refractivity contribution >= 4 is 21.9 Å². The van der Waals surface area contributed by atoms with E-state index in [1.165, 1.54) is 4.31 Å². The molecule has 1 aliphatic rings. The molecule has 1 saturated heterocycles. The Balaban J connectivity index is 0.000000675. The summed E-state index contributed by atoms with van der Waals surface area (Å²) in [7, 11) is -3.73. The van der Waals surface area contributed by atoms with Gasteiger partial charge in [0.05, 0.1) is 11.4 Å². The lowest BCUT2D eigenvalue weighted by Gasteiger charge is -2.31. The number of carboxylic acid groups (broad SMARTS) is 1. The number of carboxylic acids is 1. The molecule has 0 aromatic heterocycles. The molecular weight excluding hydrogens is 463 g/mol. The fraction of sp³-hybridized carbons (Fsp3) is 0.619. The molecule has 0 saturated carbocycles. The molecule has 1 fully saturated rings. The third kappa shape index (κ3) is 8.59. The third-order valence-corrected chi connectivity index (χ3v) is 6.96. The average molecular weight is 496 g/mol. The van der Waals surface area contributed by atoms with Crippen LogP contribution in [0.15, 0.2) is 17.0 Å². The molecule has 0 radical (unpaired) electrons. The van der Waals surface area contributed by atoms with Crippen LogP contribution in [0.1, 0.15) is 30.5 Å². The number of hydrogen-bond donors (Lipinski definition) is 2. The number of nitrogens with zero attached hydrogens (tertiary/aromatic N) is 2. The molecule has 1 heterocycles. The van der Waals surface area contributed by atoms with Crippen LogP contribution in [0.5, 0.6) is 0 Å². The minimum Gasteiger partial charge on any atom is -0.475 e. The number of rotatable bonds is 6. The number of piperazine rings is 1. The lowest BCUT2D eigenvalue weighted by molar-refractivity contribution is -0.192. The highest BCUT2D eigenvalue weighted by atomic mass is 32.2. The van der Waals surface area contributed by atoms with E-state index < -0.39 is 22.2 Å². The number of benzene rings is 1. The van der Waals surface area contributed by atoms with Crippen LogP contribution in [0.2, 0.25) is 0 Å². The zero-order valence-corrected chi connectivity index (χ0v) is 20.3. The molecule has 2 N–H and O–H groups in total. The van der Waals surface area contributed by atoms with E-state index in [4.69, 9.17) is 9.90 Å². The van der Waals surface area contributed by atoms with Crippen molar-refractivity contribution in [3.63, 3.8) is 0 Å². The molecule has 0 aliphatic carbocycles. The van der Waals surface area contributed by atoms with Crippen LogP contribution in [-0.2, 0) is 19.6 Å². The van der Waals surface area contributed by atoms with Gasteiger partial charge in [-0.15, -0.1) is 0 Å². The molecule has 8 nitrogen and oxygen atoms in total. The maximum Gasteiger partial charge on any atom is 0.490 e. The summed E-state index contributed by atoms with van der Waals surface area (Å²) in [6, 6.07) is 3.62. The molecule has 188 valence electrons. The Morgan fingerprint density at radius 2 is 1.58 bits per heavy atom. The Morgan fingerprint density at radius 1 is 1.09 bits per heavy atom. The van der Waals surface area contributed by atoms with Crippen LogP contribution in [0.4, 0.5) is 13.2 Å². The summed E-state index contributed by atoms with van der Waals surface area (Å²) in [6.07, 6.45) is -5.08. The van der Waals surface area contributed by atoms with Crippen molar-refractivity contribution in [2.75, 3.05) is 39.3 Å². The monoisotopic (exact) mass is 495 g/mol. The Hall–Kier alpha value is -2.18. The number of nitrogens with one attached hydrogen (secondary N) is 1. The summed E-state index contributed by atoms with van der Waals surface area (Å²) in [4.78, 5) is 23.6. The Bertz CT molecular complexity index is 943. The second kappa shape index (κ2) is 11.8. The number of aliphatic carboxylic acids is 1. The summed E-state index contributed by atoms with van der Waals surface area (Å²) in [5.41, 5.74) is 2.72. The Morgan fingerprint density at radius 3 is 2.03 bits per heavy atom. The van der Waals surface area contributed by atoms with Crippen molar-refractivity contribution < 1.29 is 36.3 Å². The normalized spacial score (nSPS) is 14.8. The molecule has 0 unspecified atom stereocenters. The van der Waals surface area contributed by atoms with Gasteiger partial charge in [-0.3, -0.25) is 4.79 Å². The first-order valence-electron chi connectivity index (χ1n) is 10.4. The fourth-order valence-electron chi connectivity index (χ4n) is 3.17. The van der Waals surface area contributed by atoms with Crippen LogP contribution in [0.25, 0.3) is 0 Å². The van der Waals surface area contributed by atoms with E-state index in [1.807, 2.05) is 40.7 Å². The first-order chi connectivity index (χ1) is 15.1. The number of carbonyl (C=O) groups is 2. The van der Waals surface area contributed by atoms with E-state index in [-0.39, 0.29) is 18.4 Å². The van der Waals surface area contributed by atoms with Gasteiger partial charge in [0.25, 0.3) is 0 Å². The quantitative estimate of drug-likeness (QED) is 0.627. The molecule has 2 rings (SSSR count). The van der Waals surface area contributed by atoms with E-state index >= 15 is 0 Å². The zero-order valence-electron chi connectivity index (χ0n) is 19.5. The van der Waals surface area contributed by atoms with Crippen molar-refractivity contribution in [3.05, 3.63) is 28.8 Å². The van der Waals surface area contributed by atoms with E-state index in [0.29, 0.717) is 24.5 Å². The number of hydrogen-bond acceptors (Lipinski definition) is 5. The highest BCUT2D eigenvalue weighted by Gasteiger charge is 2.38. The summed E-state index contributed by atoms with van der Waals surface area (Å²) in [6.45, 7) is 12.6. The molecule has 1 aliphatic heterocycles. The second-order valence-corrected chi connectivity index (χ2v) is 10.2. The predicted octanol–water partition coefficient (Wildman–Crippen LogP) is 2.32. The summed E-state index contributed by atoms with van der Waals surface area (Å²) >= 11 is 0. The van der Waals surface area contributed by atoms with Crippen LogP contribution in [-0.4, -0.2) is 80.1 Å². The zero-order chi connectivity index (χ0) is 25.6. The van der Waals surface area contributed by atoms with Gasteiger partial charge in [-0.2, -0.15) is 17.5 Å². The number of halogens is 3. The molecule has 12 heteroatoms. The lowest BCUT2D eigenvalue weighted by atomic mass is 10.1. The highest BCUT2D eigenvalue weighted by Crippen LogP contribution is 2.24. The van der Waals surface area contributed by atoms with E-state index in [0.717, 1.165) is 29.8 Å². The van der Waals surface area contributed by atoms with Gasteiger partial charge in [0.1, 0.15) is 0 Å². The SMILES string of the molecule is Cc1cc(C)c(S(=O)(=O)N(CC(=O)N2CCNCC2)CC(C)C)cc1C.O=C(O)C(F)(F)F. The van der Waals surface area contributed by atoms with Crippen molar-refractivity contribution in [2.24, 2.45) is 5.92 Å². The molecule has 1 aromatic rings. The molecule has 0 bridgehead atoms. The van der Waals surface area contributed by atoms with Gasteiger partial charge in [-0.1, -0.05) is 19.9 Å². The van der Waals surface area contributed by atoms with Gasteiger partial charge >= 0.3 is 12.1 Å². The van der Waals surface area contributed by atoms with Crippen molar-refractivity contribution in [1.29, 1.82) is 0 Å². The fourth-order valence-corrected chi connectivity index (χ4v) is 5.02. The van der Waals surface area contributed by atoms with E-state index in [2.05, 4.69) is 5.32 Å². The highest BCUT2D eigenvalue weighted by molar-refractivity contribution is 7.89. The van der Waals surface area contributed by atoms with Crippen molar-refractivity contribution in [2.45, 2.75) is 45.7 Å². The topological polar surface area (TPSA) is 107 Å². The third-order valence-electron chi connectivity index (χ3n) is 5.00. The van der Waals surface area contributed by atoms with Gasteiger partial charge in [0.2, 0.25) is 15.9 Å². The van der Waals surface area contributed by atoms with Gasteiger partial charge in [0, 0.05) is 32.7 Å². The Labute approximate surface area is 192 Å². The minimum absolute atomic E-state index is 0.104. The number of alkyl halides is 3. The summed E-state index contributed by atoms with van der Waals surface area (Å²) < 4.78 is 59.7. The number of amides is 1. The maximum atomic E-state index is 13.3. The molecule has 33 heavy (non-hydrogen) atoms. The second-order valence-electron chi connectivity index (χ2n) is 8.33. The number of carbonyl (C=O) groups excluding carboxylic acids is 1. The van der Waals surface area contributed by atoms with Gasteiger partial charge in [-0.25, -0.2) is 13.2 Å². The first kappa shape index (κ1) is 28.9. The summed E-state index contributed by atoms with van der Waals surface area (Å²) in [5.74, 6) is -2.75. The van der Waals surface area contributed by atoms with Crippen molar-refractivity contribution in [3.8, 4) is 0 Å². The van der Waals surface area contributed by atoms with E-state index in [1.54, 1.807) is 11.0 Å². The van der Waals surface area contributed by atoms with Crippen LogP contribution in [0, 0.1) is 26.7 Å². The maximum absolute atomic E-state index is 13.3. The van der Waals surface area contributed by atoms with E-state index in [9.17, 15) is 26.4 Å². The predicted molar refractivity (Wildman–Crippen MR) is 117 cm³/mol. The molecular formula is C21H32F3N3O5S. The number of sulfonamides is 1. The molecule has 1 aromatic carbocycles. The first-order valence-corrected chi connectivity index (χ1v) is 11.9. The molecule has 1 amide bonds. The van der Waals surface area contributed by atoms with Crippen LogP contribution >= 0.6 is 0 Å².